The van der Waals surface area contributed by atoms with Gasteiger partial charge >= 0.3 is 0 Å². The Bertz CT molecular complexity index is 576. The number of oxime groups is 1. The van der Waals surface area contributed by atoms with Gasteiger partial charge in [-0.1, -0.05) is 73.1 Å². The zero-order valence-corrected chi connectivity index (χ0v) is 13.3. The summed E-state index contributed by atoms with van der Waals surface area (Å²) in [6.07, 6.45) is 1.94. The van der Waals surface area contributed by atoms with Crippen LogP contribution < -0.4 is 0 Å². The van der Waals surface area contributed by atoms with Crippen LogP contribution in [-0.4, -0.2) is 12.8 Å². The Labute approximate surface area is 132 Å². The molecule has 0 atom stereocenters. The molecule has 0 fully saturated rings. The summed E-state index contributed by atoms with van der Waals surface area (Å²) in [7, 11) is 1.70. The molecule has 0 N–H and O–H groups in total. The highest BCUT2D eigenvalue weighted by atomic mass is 16.6. The molecule has 2 aromatic carbocycles. The van der Waals surface area contributed by atoms with Gasteiger partial charge in [0.1, 0.15) is 6.61 Å². The van der Waals surface area contributed by atoms with Crippen molar-refractivity contribution in [3.63, 3.8) is 0 Å². The maximum atomic E-state index is 5.53. The van der Waals surface area contributed by atoms with Crippen LogP contribution in [0.4, 0.5) is 0 Å². The van der Waals surface area contributed by atoms with Crippen molar-refractivity contribution in [2.75, 3.05) is 7.11 Å². The maximum absolute atomic E-state index is 5.53. The molecule has 0 aliphatic heterocycles. The van der Waals surface area contributed by atoms with Gasteiger partial charge in [0.2, 0.25) is 0 Å². The van der Waals surface area contributed by atoms with E-state index in [0.717, 1.165) is 35.2 Å². The highest BCUT2D eigenvalue weighted by Crippen LogP contribution is 2.11. The van der Waals surface area contributed by atoms with Crippen LogP contribution in [0.15, 0.2) is 59.8 Å². The zero-order valence-electron chi connectivity index (χ0n) is 13.3. The number of ether oxygens (including phenoxy) is 1. The summed E-state index contributed by atoms with van der Waals surface area (Å²) in [6, 6.07) is 18.4. The van der Waals surface area contributed by atoms with E-state index in [1.807, 2.05) is 30.3 Å². The number of rotatable bonds is 8. The van der Waals surface area contributed by atoms with Gasteiger partial charge in [-0.15, -0.1) is 0 Å². The Kier molecular flexibility index (Phi) is 6.65. The lowest BCUT2D eigenvalue weighted by atomic mass is 10.0. The lowest BCUT2D eigenvalue weighted by Gasteiger charge is -2.07. The van der Waals surface area contributed by atoms with E-state index in [-0.39, 0.29) is 0 Å². The molecule has 0 unspecified atom stereocenters. The molecule has 22 heavy (non-hydrogen) atoms. The predicted octanol–water partition coefficient (Wildman–Crippen LogP) is 4.55. The van der Waals surface area contributed by atoms with Crippen LogP contribution >= 0.6 is 0 Å². The van der Waals surface area contributed by atoms with Crippen molar-refractivity contribution in [3.05, 3.63) is 71.3 Å². The van der Waals surface area contributed by atoms with Gasteiger partial charge in [0, 0.05) is 7.11 Å². The number of nitrogens with zero attached hydrogens (tertiary/aromatic N) is 1. The monoisotopic (exact) mass is 297 g/mol. The van der Waals surface area contributed by atoms with Crippen molar-refractivity contribution in [2.24, 2.45) is 5.16 Å². The lowest BCUT2D eigenvalue weighted by molar-refractivity contribution is 0.130. The van der Waals surface area contributed by atoms with Crippen LogP contribution in [0.1, 0.15) is 36.5 Å². The normalized spacial score (nSPS) is 11.5. The summed E-state index contributed by atoms with van der Waals surface area (Å²) in [6.45, 7) is 3.27. The largest absolute Gasteiger partial charge is 0.391 e. The second-order valence-electron chi connectivity index (χ2n) is 5.18. The summed E-state index contributed by atoms with van der Waals surface area (Å²) in [5.74, 6) is 0. The minimum Gasteiger partial charge on any atom is -0.391 e. The third-order valence-electron chi connectivity index (χ3n) is 3.33. The molecule has 0 aromatic heterocycles. The Morgan fingerprint density at radius 1 is 0.909 bits per heavy atom. The van der Waals surface area contributed by atoms with Crippen LogP contribution in [0, 0.1) is 0 Å². The number of benzene rings is 2. The minimum absolute atomic E-state index is 0.496. The molecule has 0 aliphatic rings. The van der Waals surface area contributed by atoms with E-state index < -0.39 is 0 Å². The molecule has 2 rings (SSSR count). The van der Waals surface area contributed by atoms with Crippen molar-refractivity contribution in [1.82, 2.24) is 0 Å². The first kappa shape index (κ1) is 16.2. The topological polar surface area (TPSA) is 30.8 Å². The van der Waals surface area contributed by atoms with Gasteiger partial charge in [-0.2, -0.15) is 0 Å². The average molecular weight is 297 g/mol. The van der Waals surface area contributed by atoms with E-state index >= 15 is 0 Å². The Hall–Kier alpha value is -2.13. The van der Waals surface area contributed by atoms with E-state index in [4.69, 9.17) is 9.57 Å². The minimum atomic E-state index is 0.496. The lowest BCUT2D eigenvalue weighted by Crippen LogP contribution is -2.02. The molecular formula is C19H23NO2. The zero-order chi connectivity index (χ0) is 15.6. The fourth-order valence-corrected chi connectivity index (χ4v) is 2.20. The van der Waals surface area contributed by atoms with E-state index in [9.17, 15) is 0 Å². The molecular weight excluding hydrogens is 274 g/mol. The van der Waals surface area contributed by atoms with Gasteiger partial charge < -0.3 is 9.57 Å². The maximum Gasteiger partial charge on any atom is 0.142 e. The summed E-state index contributed by atoms with van der Waals surface area (Å²) >= 11 is 0. The summed E-state index contributed by atoms with van der Waals surface area (Å²) in [5, 5.41) is 4.34. The van der Waals surface area contributed by atoms with Crippen molar-refractivity contribution >= 4 is 5.71 Å². The molecule has 0 saturated carbocycles. The van der Waals surface area contributed by atoms with Crippen molar-refractivity contribution in [1.29, 1.82) is 0 Å². The molecule has 0 radical (unpaired) electrons. The summed E-state index contributed by atoms with van der Waals surface area (Å²) in [4.78, 5) is 5.53. The van der Waals surface area contributed by atoms with Crippen LogP contribution in [0.2, 0.25) is 0 Å². The van der Waals surface area contributed by atoms with Gasteiger partial charge in [-0.05, 0) is 23.1 Å². The van der Waals surface area contributed by atoms with E-state index in [2.05, 4.69) is 36.3 Å². The first-order chi connectivity index (χ1) is 10.8. The fourth-order valence-electron chi connectivity index (χ4n) is 2.20. The highest BCUT2D eigenvalue weighted by molar-refractivity contribution is 6.00. The Balaban J connectivity index is 2.03. The van der Waals surface area contributed by atoms with Crippen molar-refractivity contribution in [2.45, 2.75) is 33.0 Å². The van der Waals surface area contributed by atoms with Crippen LogP contribution in [-0.2, 0) is 22.8 Å². The predicted molar refractivity (Wildman–Crippen MR) is 89.8 cm³/mol. The molecule has 0 spiro atoms. The van der Waals surface area contributed by atoms with Crippen molar-refractivity contribution in [3.8, 4) is 0 Å². The third-order valence-corrected chi connectivity index (χ3v) is 3.33. The van der Waals surface area contributed by atoms with Crippen LogP contribution in [0.25, 0.3) is 0 Å². The molecule has 3 nitrogen and oxygen atoms in total. The molecule has 2 aromatic rings. The third kappa shape index (κ3) is 5.01. The van der Waals surface area contributed by atoms with Gasteiger partial charge in [0.25, 0.3) is 0 Å². The number of hydrogen-bond acceptors (Lipinski definition) is 3. The standard InChI is InChI=1S/C19H23NO2/c1-3-7-19(18-12-10-17(11-13-18)14-21-2)20-22-15-16-8-5-4-6-9-16/h4-6,8-13H,3,7,14-15H2,1-2H3. The molecule has 116 valence electrons. The van der Waals surface area contributed by atoms with E-state index in [1.54, 1.807) is 7.11 Å². The number of hydrogen-bond donors (Lipinski definition) is 0. The second-order valence-corrected chi connectivity index (χ2v) is 5.18. The summed E-state index contributed by atoms with van der Waals surface area (Å²) in [5.41, 5.74) is 4.38. The average Bonchev–Trinajstić information content (AvgIpc) is 2.56. The van der Waals surface area contributed by atoms with Gasteiger partial charge in [0.05, 0.1) is 12.3 Å². The first-order valence-corrected chi connectivity index (χ1v) is 7.64. The second kappa shape index (κ2) is 9.00. The molecule has 0 amide bonds. The van der Waals surface area contributed by atoms with Gasteiger partial charge in [-0.25, -0.2) is 0 Å². The molecule has 3 heteroatoms. The molecule has 0 saturated heterocycles. The fraction of sp³-hybridized carbons (Fsp3) is 0.316. The summed E-state index contributed by atoms with van der Waals surface area (Å²) < 4.78 is 5.13. The van der Waals surface area contributed by atoms with E-state index in [1.165, 1.54) is 0 Å². The van der Waals surface area contributed by atoms with Gasteiger partial charge in [-0.3, -0.25) is 0 Å². The Morgan fingerprint density at radius 3 is 2.23 bits per heavy atom. The first-order valence-electron chi connectivity index (χ1n) is 7.64. The smallest absolute Gasteiger partial charge is 0.142 e. The Morgan fingerprint density at radius 2 is 1.59 bits per heavy atom. The highest BCUT2D eigenvalue weighted by Gasteiger charge is 2.04. The number of methoxy groups -OCH3 is 1. The molecule has 0 aliphatic carbocycles. The SMILES string of the molecule is CCCC(=NOCc1ccccc1)c1ccc(COC)cc1. The molecule has 0 bridgehead atoms. The van der Waals surface area contributed by atoms with Crippen LogP contribution in [0.3, 0.4) is 0 Å². The van der Waals surface area contributed by atoms with Crippen LogP contribution in [0.5, 0.6) is 0 Å². The van der Waals surface area contributed by atoms with E-state index in [0.29, 0.717) is 13.2 Å². The molecule has 0 heterocycles. The van der Waals surface area contributed by atoms with Crippen molar-refractivity contribution < 1.29 is 9.57 Å². The van der Waals surface area contributed by atoms with Gasteiger partial charge in [0.15, 0.2) is 0 Å². The quantitative estimate of drug-likeness (QED) is 0.528.